The monoisotopic (exact) mass is 486 g/mol. The van der Waals surface area contributed by atoms with Gasteiger partial charge < -0.3 is 15.0 Å². The van der Waals surface area contributed by atoms with E-state index in [1.807, 2.05) is 6.92 Å². The molecule has 1 aromatic heterocycles. The summed E-state index contributed by atoms with van der Waals surface area (Å²) in [6.45, 7) is 6.11. The Hall–Kier alpha value is -1.26. The lowest BCUT2D eigenvalue weighted by Gasteiger charge is -2.33. The van der Waals surface area contributed by atoms with Gasteiger partial charge in [-0.05, 0) is 31.2 Å². The smallest absolute Gasteiger partial charge is 0.422 e. The second-order valence-corrected chi connectivity index (χ2v) is 6.25. The van der Waals surface area contributed by atoms with Crippen LogP contribution in [0.3, 0.4) is 0 Å². The molecule has 1 fully saturated rings. The molecule has 1 aliphatic rings. The van der Waals surface area contributed by atoms with Crippen molar-refractivity contribution in [1.29, 1.82) is 0 Å². The minimum Gasteiger partial charge on any atom is -0.468 e. The highest BCUT2D eigenvalue weighted by atomic mass is 127. The molecule has 0 saturated carbocycles. The van der Waals surface area contributed by atoms with E-state index in [1.54, 1.807) is 6.07 Å². The standard InChI is InChI=1S/C17H25F3N4O.HI/c1-3-21-16(24-8-6-13(2)7-9-24)23-11-14-4-5-15(22-10-14)25-12-17(18,19)20;/h4-5,10,13H,3,6-9,11-12H2,1-2H3,(H,21,23);1H. The van der Waals surface area contributed by atoms with E-state index in [0.717, 1.165) is 49.9 Å². The van der Waals surface area contributed by atoms with Crippen molar-refractivity contribution in [2.45, 2.75) is 39.4 Å². The van der Waals surface area contributed by atoms with Crippen LogP contribution in [0.4, 0.5) is 13.2 Å². The van der Waals surface area contributed by atoms with Gasteiger partial charge in [0.15, 0.2) is 12.6 Å². The van der Waals surface area contributed by atoms with Gasteiger partial charge in [-0.2, -0.15) is 13.2 Å². The Morgan fingerprint density at radius 2 is 2.04 bits per heavy atom. The highest BCUT2D eigenvalue weighted by molar-refractivity contribution is 14.0. The van der Waals surface area contributed by atoms with Crippen molar-refractivity contribution in [2.24, 2.45) is 10.9 Å². The number of guanidine groups is 1. The van der Waals surface area contributed by atoms with Gasteiger partial charge in [0.25, 0.3) is 0 Å². The molecule has 0 aromatic carbocycles. The lowest BCUT2D eigenvalue weighted by Crippen LogP contribution is -2.45. The Labute approximate surface area is 169 Å². The number of ether oxygens (including phenoxy) is 1. The molecule has 0 spiro atoms. The summed E-state index contributed by atoms with van der Waals surface area (Å²) in [4.78, 5) is 10.8. The first kappa shape index (κ1) is 22.8. The molecule has 0 unspecified atom stereocenters. The van der Waals surface area contributed by atoms with Crippen molar-refractivity contribution < 1.29 is 17.9 Å². The fourth-order valence-corrected chi connectivity index (χ4v) is 2.56. The summed E-state index contributed by atoms with van der Waals surface area (Å²) in [6, 6.07) is 3.12. The molecule has 0 amide bonds. The van der Waals surface area contributed by atoms with E-state index in [9.17, 15) is 13.2 Å². The molecular weight excluding hydrogens is 460 g/mol. The van der Waals surface area contributed by atoms with Crippen LogP contribution in [0.1, 0.15) is 32.3 Å². The van der Waals surface area contributed by atoms with E-state index >= 15 is 0 Å². The molecule has 2 rings (SSSR count). The first-order chi connectivity index (χ1) is 11.9. The number of likely N-dealkylation sites (tertiary alicyclic amines) is 1. The predicted molar refractivity (Wildman–Crippen MR) is 106 cm³/mol. The molecular formula is C17H26F3IN4O. The number of aliphatic imine (C=N–C) groups is 1. The van der Waals surface area contributed by atoms with E-state index < -0.39 is 12.8 Å². The fraction of sp³-hybridized carbons (Fsp3) is 0.647. The minimum atomic E-state index is -4.36. The maximum atomic E-state index is 12.1. The second kappa shape index (κ2) is 10.8. The summed E-state index contributed by atoms with van der Waals surface area (Å²) in [6.07, 6.45) is -0.567. The molecule has 1 saturated heterocycles. The van der Waals surface area contributed by atoms with Crippen molar-refractivity contribution in [1.82, 2.24) is 15.2 Å². The van der Waals surface area contributed by atoms with Crippen LogP contribution >= 0.6 is 24.0 Å². The highest BCUT2D eigenvalue weighted by Crippen LogP contribution is 2.18. The normalized spacial score (nSPS) is 16.2. The predicted octanol–water partition coefficient (Wildman–Crippen LogP) is 3.84. The molecule has 5 nitrogen and oxygen atoms in total. The van der Waals surface area contributed by atoms with Gasteiger partial charge in [-0.1, -0.05) is 13.0 Å². The van der Waals surface area contributed by atoms with Crippen molar-refractivity contribution in [3.8, 4) is 5.88 Å². The quantitative estimate of drug-likeness (QED) is 0.391. The Morgan fingerprint density at radius 3 is 2.58 bits per heavy atom. The number of alkyl halides is 3. The van der Waals surface area contributed by atoms with Crippen LogP contribution in [0.5, 0.6) is 5.88 Å². The fourth-order valence-electron chi connectivity index (χ4n) is 2.56. The molecule has 0 radical (unpaired) electrons. The maximum absolute atomic E-state index is 12.1. The van der Waals surface area contributed by atoms with Crippen molar-refractivity contribution in [2.75, 3.05) is 26.2 Å². The van der Waals surface area contributed by atoms with Crippen LogP contribution in [0.25, 0.3) is 0 Å². The first-order valence-electron chi connectivity index (χ1n) is 8.55. The molecule has 9 heteroatoms. The number of hydrogen-bond donors (Lipinski definition) is 1. The summed E-state index contributed by atoms with van der Waals surface area (Å²) in [7, 11) is 0. The Morgan fingerprint density at radius 1 is 1.35 bits per heavy atom. The van der Waals surface area contributed by atoms with E-state index in [4.69, 9.17) is 0 Å². The first-order valence-corrected chi connectivity index (χ1v) is 8.55. The number of aromatic nitrogens is 1. The Kier molecular flexibility index (Phi) is 9.45. The number of nitrogens with one attached hydrogen (secondary N) is 1. The summed E-state index contributed by atoms with van der Waals surface area (Å²) < 4.78 is 41.0. The van der Waals surface area contributed by atoms with E-state index in [1.165, 1.54) is 12.3 Å². The summed E-state index contributed by atoms with van der Waals surface area (Å²) in [5.74, 6) is 1.57. The van der Waals surface area contributed by atoms with Gasteiger partial charge in [0, 0.05) is 31.9 Å². The Balaban J connectivity index is 0.00000338. The molecule has 148 valence electrons. The van der Waals surface area contributed by atoms with Gasteiger partial charge in [-0.25, -0.2) is 9.98 Å². The molecule has 1 aliphatic heterocycles. The van der Waals surface area contributed by atoms with Crippen molar-refractivity contribution >= 4 is 29.9 Å². The third-order valence-corrected chi connectivity index (χ3v) is 4.01. The van der Waals surface area contributed by atoms with Crippen molar-refractivity contribution in [3.63, 3.8) is 0 Å². The third kappa shape index (κ3) is 7.96. The zero-order valence-corrected chi connectivity index (χ0v) is 17.4. The number of pyridine rings is 1. The van der Waals surface area contributed by atoms with E-state index in [2.05, 4.69) is 31.9 Å². The number of hydrogen-bond acceptors (Lipinski definition) is 3. The van der Waals surface area contributed by atoms with Gasteiger partial charge in [0.1, 0.15) is 0 Å². The lowest BCUT2D eigenvalue weighted by atomic mass is 10.00. The van der Waals surface area contributed by atoms with Crippen LogP contribution < -0.4 is 10.1 Å². The summed E-state index contributed by atoms with van der Waals surface area (Å²) in [5.41, 5.74) is 0.820. The average Bonchev–Trinajstić information content (AvgIpc) is 2.58. The zero-order valence-electron chi connectivity index (χ0n) is 15.1. The van der Waals surface area contributed by atoms with Crippen LogP contribution in [-0.2, 0) is 6.54 Å². The second-order valence-electron chi connectivity index (χ2n) is 6.25. The van der Waals surface area contributed by atoms with E-state index in [-0.39, 0.29) is 29.9 Å². The Bertz CT molecular complexity index is 558. The molecule has 0 bridgehead atoms. The number of rotatable bonds is 5. The average molecular weight is 486 g/mol. The minimum absolute atomic E-state index is 0. The molecule has 0 atom stereocenters. The molecule has 1 N–H and O–H groups in total. The zero-order chi connectivity index (χ0) is 18.3. The van der Waals surface area contributed by atoms with Gasteiger partial charge in [0.05, 0.1) is 6.54 Å². The maximum Gasteiger partial charge on any atom is 0.422 e. The topological polar surface area (TPSA) is 49.8 Å². The largest absolute Gasteiger partial charge is 0.468 e. The summed E-state index contributed by atoms with van der Waals surface area (Å²) in [5, 5.41) is 3.29. The summed E-state index contributed by atoms with van der Waals surface area (Å²) >= 11 is 0. The SMILES string of the molecule is CCNC(=NCc1ccc(OCC(F)(F)F)nc1)N1CCC(C)CC1.I. The van der Waals surface area contributed by atoms with Gasteiger partial charge in [-0.3, -0.25) is 0 Å². The molecule has 1 aromatic rings. The third-order valence-electron chi connectivity index (χ3n) is 4.01. The van der Waals surface area contributed by atoms with E-state index in [0.29, 0.717) is 6.54 Å². The van der Waals surface area contributed by atoms with Crippen LogP contribution in [0.2, 0.25) is 0 Å². The van der Waals surface area contributed by atoms with Crippen LogP contribution in [0.15, 0.2) is 23.3 Å². The van der Waals surface area contributed by atoms with Gasteiger partial charge >= 0.3 is 6.18 Å². The molecule has 0 aliphatic carbocycles. The number of halogens is 4. The highest BCUT2D eigenvalue weighted by Gasteiger charge is 2.28. The number of nitrogens with zero attached hydrogens (tertiary/aromatic N) is 3. The lowest BCUT2D eigenvalue weighted by molar-refractivity contribution is -0.154. The van der Waals surface area contributed by atoms with Gasteiger partial charge in [-0.15, -0.1) is 24.0 Å². The van der Waals surface area contributed by atoms with Crippen LogP contribution in [0, 0.1) is 5.92 Å². The number of piperidine rings is 1. The van der Waals surface area contributed by atoms with Crippen LogP contribution in [-0.4, -0.2) is 48.3 Å². The molecule has 2 heterocycles. The molecule has 26 heavy (non-hydrogen) atoms. The van der Waals surface area contributed by atoms with Gasteiger partial charge in [0.2, 0.25) is 5.88 Å². The van der Waals surface area contributed by atoms with Crippen molar-refractivity contribution in [3.05, 3.63) is 23.9 Å².